The van der Waals surface area contributed by atoms with Crippen molar-refractivity contribution >= 4 is 34.7 Å². The molecule has 37 heavy (non-hydrogen) atoms. The van der Waals surface area contributed by atoms with Crippen molar-refractivity contribution in [2.24, 2.45) is 0 Å². The van der Waals surface area contributed by atoms with E-state index >= 15 is 0 Å². The van der Waals surface area contributed by atoms with Gasteiger partial charge in [-0.15, -0.1) is 10.2 Å². The van der Waals surface area contributed by atoms with E-state index in [1.54, 1.807) is 22.8 Å². The van der Waals surface area contributed by atoms with Crippen LogP contribution in [-0.2, 0) is 12.0 Å². The van der Waals surface area contributed by atoms with E-state index in [2.05, 4.69) is 40.6 Å². The van der Waals surface area contributed by atoms with Crippen LogP contribution in [0.2, 0.25) is 10.0 Å². The van der Waals surface area contributed by atoms with Gasteiger partial charge >= 0.3 is 0 Å². The topological polar surface area (TPSA) is 59.8 Å². The van der Waals surface area contributed by atoms with Crippen LogP contribution in [0.25, 0.3) is 11.3 Å². The van der Waals surface area contributed by atoms with Crippen molar-refractivity contribution in [1.29, 1.82) is 0 Å². The fourth-order valence-electron chi connectivity index (χ4n) is 5.66. The number of nitrogens with zero attached hydrogens (tertiary/aromatic N) is 3. The molecule has 4 aromatic rings. The van der Waals surface area contributed by atoms with Gasteiger partial charge in [0.2, 0.25) is 0 Å². The number of benzene rings is 3. The number of aromatic nitrogens is 3. The molecular formula is C29H23Cl2FN4O. The Morgan fingerprint density at radius 1 is 1.05 bits per heavy atom. The van der Waals surface area contributed by atoms with Gasteiger partial charge in [0.15, 0.2) is 0 Å². The van der Waals surface area contributed by atoms with Crippen LogP contribution < -0.4 is 5.32 Å². The largest absolute Gasteiger partial charge is 0.342 e. The first-order valence-electron chi connectivity index (χ1n) is 12.1. The molecule has 5 nitrogen and oxygen atoms in total. The van der Waals surface area contributed by atoms with Gasteiger partial charge in [-0.25, -0.2) is 4.39 Å². The summed E-state index contributed by atoms with van der Waals surface area (Å²) >= 11 is 13.2. The van der Waals surface area contributed by atoms with Crippen molar-refractivity contribution in [3.8, 4) is 5.69 Å². The van der Waals surface area contributed by atoms with Crippen molar-refractivity contribution in [2.45, 2.75) is 38.1 Å². The van der Waals surface area contributed by atoms with E-state index in [9.17, 15) is 9.18 Å². The lowest BCUT2D eigenvalue weighted by atomic mass is 9.73. The Bertz CT molecular complexity index is 1560. The zero-order chi connectivity index (χ0) is 25.7. The molecule has 6 rings (SSSR count). The highest BCUT2D eigenvalue weighted by Gasteiger charge is 2.41. The predicted molar refractivity (Wildman–Crippen MR) is 143 cm³/mol. The lowest BCUT2D eigenvalue weighted by Gasteiger charge is -2.40. The molecule has 1 aromatic heterocycles. The number of carbonyl (C=O) groups is 1. The molecule has 1 N–H and O–H groups in total. The average molecular weight is 533 g/mol. The summed E-state index contributed by atoms with van der Waals surface area (Å²) in [5.41, 5.74) is 7.09. The highest BCUT2D eigenvalue weighted by atomic mass is 35.5. The quantitative estimate of drug-likeness (QED) is 0.313. The molecule has 1 unspecified atom stereocenters. The van der Waals surface area contributed by atoms with E-state index in [0.717, 1.165) is 18.4 Å². The van der Waals surface area contributed by atoms with Gasteiger partial charge in [0.1, 0.15) is 18.5 Å². The van der Waals surface area contributed by atoms with E-state index in [1.807, 2.05) is 6.07 Å². The third-order valence-electron chi connectivity index (χ3n) is 7.45. The molecule has 2 aliphatic carbocycles. The van der Waals surface area contributed by atoms with E-state index in [0.29, 0.717) is 18.5 Å². The highest BCUT2D eigenvalue weighted by molar-refractivity contribution is 6.40. The summed E-state index contributed by atoms with van der Waals surface area (Å²) < 4.78 is 16.1. The molecule has 8 heteroatoms. The van der Waals surface area contributed by atoms with E-state index in [1.165, 1.54) is 52.6 Å². The number of allylic oxidation sites excluding steroid dienone is 1. The maximum Gasteiger partial charge on any atom is 0.255 e. The first-order chi connectivity index (χ1) is 17.8. The first-order valence-corrected chi connectivity index (χ1v) is 12.8. The number of aryl methyl sites for hydroxylation is 1. The molecule has 3 aromatic carbocycles. The molecule has 0 spiro atoms. The summed E-state index contributed by atoms with van der Waals surface area (Å²) in [6, 6.07) is 16.3. The number of nitrogens with one attached hydrogen (secondary N) is 1. The van der Waals surface area contributed by atoms with E-state index < -0.39 is 11.4 Å². The Morgan fingerprint density at radius 2 is 1.81 bits per heavy atom. The van der Waals surface area contributed by atoms with Crippen LogP contribution in [0.3, 0.4) is 0 Å². The van der Waals surface area contributed by atoms with Crippen LogP contribution in [0.1, 0.15) is 51.9 Å². The van der Waals surface area contributed by atoms with Gasteiger partial charge in [0.25, 0.3) is 5.91 Å². The van der Waals surface area contributed by atoms with Crippen LogP contribution in [0.4, 0.5) is 4.39 Å². The normalized spacial score (nSPS) is 18.5. The van der Waals surface area contributed by atoms with Crippen molar-refractivity contribution < 1.29 is 9.18 Å². The Kier molecular flexibility index (Phi) is 5.89. The SMILES string of the molecule is Cc1ccc2c(c1)CC1=C2CC(NC(=O)c2c(Cl)cc(-n3cnnc3)cc2Cl)(c2cccc(F)c2)CC1. The van der Waals surface area contributed by atoms with Gasteiger partial charge in [-0.05, 0) is 72.7 Å². The highest BCUT2D eigenvalue weighted by Crippen LogP contribution is 2.49. The lowest BCUT2D eigenvalue weighted by molar-refractivity contribution is 0.0890. The molecule has 0 bridgehead atoms. The van der Waals surface area contributed by atoms with Crippen LogP contribution in [0.15, 0.2) is 72.8 Å². The minimum Gasteiger partial charge on any atom is -0.342 e. The Morgan fingerprint density at radius 3 is 2.54 bits per heavy atom. The maximum absolute atomic E-state index is 14.4. The minimum atomic E-state index is -0.815. The van der Waals surface area contributed by atoms with Gasteiger partial charge in [-0.2, -0.15) is 0 Å². The summed E-state index contributed by atoms with van der Waals surface area (Å²) in [6.07, 6.45) is 5.96. The number of hydrogen-bond donors (Lipinski definition) is 1. The summed E-state index contributed by atoms with van der Waals surface area (Å²) in [7, 11) is 0. The maximum atomic E-state index is 14.4. The van der Waals surface area contributed by atoms with Crippen molar-refractivity contribution in [3.05, 3.63) is 117 Å². The second-order valence-electron chi connectivity index (χ2n) is 9.80. The number of rotatable bonds is 4. The molecule has 186 valence electrons. The van der Waals surface area contributed by atoms with Crippen molar-refractivity contribution in [3.63, 3.8) is 0 Å². The van der Waals surface area contributed by atoms with Crippen molar-refractivity contribution in [1.82, 2.24) is 20.1 Å². The molecule has 0 saturated heterocycles. The van der Waals surface area contributed by atoms with E-state index in [4.69, 9.17) is 23.2 Å². The lowest BCUT2D eigenvalue weighted by Crippen LogP contribution is -2.47. The molecule has 1 heterocycles. The molecule has 1 atom stereocenters. The summed E-state index contributed by atoms with van der Waals surface area (Å²) in [5, 5.41) is 11.3. The van der Waals surface area contributed by atoms with Crippen LogP contribution in [0.5, 0.6) is 0 Å². The minimum absolute atomic E-state index is 0.179. The number of fused-ring (bicyclic) bond motifs is 2. The third-order valence-corrected chi connectivity index (χ3v) is 8.05. The Hall–Kier alpha value is -3.48. The third kappa shape index (κ3) is 4.24. The second kappa shape index (κ2) is 9.12. The fourth-order valence-corrected chi connectivity index (χ4v) is 6.30. The number of carbonyl (C=O) groups excluding carboxylic acids is 1. The average Bonchev–Trinajstić information content (AvgIpc) is 3.51. The van der Waals surface area contributed by atoms with Crippen LogP contribution >= 0.6 is 23.2 Å². The number of halogens is 3. The molecule has 2 aliphatic rings. The van der Waals surface area contributed by atoms with Gasteiger partial charge in [0.05, 0.1) is 26.8 Å². The zero-order valence-corrected chi connectivity index (χ0v) is 21.6. The van der Waals surface area contributed by atoms with Gasteiger partial charge < -0.3 is 5.32 Å². The molecule has 0 aliphatic heterocycles. The van der Waals surface area contributed by atoms with Gasteiger partial charge in [0, 0.05) is 6.42 Å². The van der Waals surface area contributed by atoms with Crippen LogP contribution in [0, 0.1) is 12.7 Å². The van der Waals surface area contributed by atoms with Gasteiger partial charge in [-0.3, -0.25) is 9.36 Å². The number of hydrogen-bond acceptors (Lipinski definition) is 3. The Balaban J connectivity index is 1.39. The second-order valence-corrected chi connectivity index (χ2v) is 10.6. The number of amides is 1. The van der Waals surface area contributed by atoms with Crippen molar-refractivity contribution in [2.75, 3.05) is 0 Å². The predicted octanol–water partition coefficient (Wildman–Crippen LogP) is 6.84. The smallest absolute Gasteiger partial charge is 0.255 e. The molecule has 0 fully saturated rings. The molecular weight excluding hydrogens is 510 g/mol. The zero-order valence-electron chi connectivity index (χ0n) is 20.1. The summed E-state index contributed by atoms with van der Waals surface area (Å²) in [4.78, 5) is 13.8. The van der Waals surface area contributed by atoms with E-state index in [-0.39, 0.29) is 21.4 Å². The Labute approximate surface area is 223 Å². The molecule has 1 amide bonds. The monoisotopic (exact) mass is 532 g/mol. The van der Waals surface area contributed by atoms with Gasteiger partial charge in [-0.1, -0.05) is 64.7 Å². The van der Waals surface area contributed by atoms with Crippen LogP contribution in [-0.4, -0.2) is 20.7 Å². The summed E-state index contributed by atoms with van der Waals surface area (Å²) in [5.74, 6) is -0.747. The summed E-state index contributed by atoms with van der Waals surface area (Å²) in [6.45, 7) is 2.09. The first kappa shape index (κ1) is 23.9. The standard InChI is InChI=1S/C29H23Cl2FN4O/c1-17-5-6-23-19(9-17)10-18-7-8-29(14-24(18)23,20-3-2-4-21(32)11-20)35-28(37)27-25(30)12-22(13-26(27)31)36-15-33-34-16-36/h2-6,9,11-13,15-16H,7-8,10,14H2,1H3,(H,35,37). The molecule has 0 saturated carbocycles. The fraction of sp³-hybridized carbons (Fsp3) is 0.207. The molecule has 0 radical (unpaired) electrons.